The molecule has 0 bridgehead atoms. The van der Waals surface area contributed by atoms with Crippen LogP contribution in [0.5, 0.6) is 0 Å². The van der Waals surface area contributed by atoms with Crippen molar-refractivity contribution in [3.05, 3.63) is 36.3 Å². The molecule has 0 aromatic carbocycles. The summed E-state index contributed by atoms with van der Waals surface area (Å²) in [7, 11) is 0. The summed E-state index contributed by atoms with van der Waals surface area (Å²) in [6.07, 6.45) is -3.27. The number of hydrogen-bond acceptors (Lipinski definition) is 6. The average Bonchev–Trinajstić information content (AvgIpc) is 3.36. The van der Waals surface area contributed by atoms with Crippen LogP contribution in [0.3, 0.4) is 0 Å². The summed E-state index contributed by atoms with van der Waals surface area (Å²) >= 11 is 0. The maximum Gasteiger partial charge on any atom is 0.433 e. The summed E-state index contributed by atoms with van der Waals surface area (Å²) in [5.74, 6) is 0.132. The second kappa shape index (κ2) is 8.38. The molecule has 5 heterocycles. The van der Waals surface area contributed by atoms with Crippen LogP contribution in [0.4, 0.5) is 33.6 Å². The van der Waals surface area contributed by atoms with Crippen LogP contribution in [0.15, 0.2) is 30.6 Å². The maximum atomic E-state index is 13.5. The molecule has 2 aliphatic rings. The molecule has 0 unspecified atom stereocenters. The Labute approximate surface area is 196 Å². The molecule has 1 amide bonds. The Morgan fingerprint density at radius 3 is 2.60 bits per heavy atom. The lowest BCUT2D eigenvalue weighted by molar-refractivity contribution is -0.141. The molecule has 0 radical (unpaired) electrons. The fourth-order valence-corrected chi connectivity index (χ4v) is 5.07. The minimum atomic E-state index is -4.60. The number of piperidine rings is 1. The molecule has 2 fully saturated rings. The molecule has 2 atom stereocenters. The van der Waals surface area contributed by atoms with Gasteiger partial charge in [0.2, 0.25) is 5.91 Å². The number of pyridine rings is 1. The number of hydrogen-bond donors (Lipinski definition) is 0. The van der Waals surface area contributed by atoms with Crippen LogP contribution in [0, 0.1) is 11.3 Å². The number of nitrogens with zero attached hydrogens (tertiary/aromatic N) is 7. The number of carbonyl (C=O) groups excluding carboxylic acids is 1. The fourth-order valence-electron chi connectivity index (χ4n) is 5.07. The molecule has 13 heteroatoms. The first-order valence-electron chi connectivity index (χ1n) is 11.2. The number of halogens is 5. The van der Waals surface area contributed by atoms with E-state index in [1.54, 1.807) is 6.20 Å². The quantitative estimate of drug-likeness (QED) is 0.513. The number of aromatic nitrogens is 5. The summed E-state index contributed by atoms with van der Waals surface area (Å²) in [6, 6.07) is 3.55. The topological polar surface area (TPSA) is 80.0 Å². The van der Waals surface area contributed by atoms with Crippen molar-refractivity contribution in [1.82, 2.24) is 24.7 Å². The number of alkyl halides is 5. The van der Waals surface area contributed by atoms with Crippen LogP contribution in [-0.2, 0) is 17.5 Å². The Bertz CT molecular complexity index is 1260. The van der Waals surface area contributed by atoms with Gasteiger partial charge in [0, 0.05) is 19.6 Å². The van der Waals surface area contributed by atoms with Crippen molar-refractivity contribution in [2.75, 3.05) is 29.4 Å². The first-order chi connectivity index (χ1) is 16.6. The lowest BCUT2D eigenvalue weighted by Crippen LogP contribution is -2.50. The molecule has 2 saturated heterocycles. The summed E-state index contributed by atoms with van der Waals surface area (Å²) in [6.45, 7) is 2.55. The molecule has 186 valence electrons. The SMILES string of the molecule is C[C@H]1CN(c2cnc3cnn(CC(F)F)c3n2)CC[C@@]12CCN(c1cccc(C(F)(F)F)n1)C2=O. The Balaban J connectivity index is 1.35. The Hall–Kier alpha value is -3.38. The van der Waals surface area contributed by atoms with E-state index in [4.69, 9.17) is 0 Å². The van der Waals surface area contributed by atoms with Crippen LogP contribution in [-0.4, -0.2) is 56.7 Å². The molecule has 2 aliphatic heterocycles. The van der Waals surface area contributed by atoms with Crippen molar-refractivity contribution in [1.29, 1.82) is 0 Å². The molecule has 1 spiro atoms. The maximum absolute atomic E-state index is 13.5. The molecule has 0 saturated carbocycles. The lowest BCUT2D eigenvalue weighted by Gasteiger charge is -2.43. The molecule has 35 heavy (non-hydrogen) atoms. The third kappa shape index (κ3) is 4.06. The van der Waals surface area contributed by atoms with E-state index in [1.807, 2.05) is 11.8 Å². The minimum Gasteiger partial charge on any atom is -0.355 e. The molecule has 3 aromatic heterocycles. The van der Waals surface area contributed by atoms with Gasteiger partial charge in [-0.2, -0.15) is 18.3 Å². The van der Waals surface area contributed by atoms with Crippen LogP contribution in [0.1, 0.15) is 25.5 Å². The van der Waals surface area contributed by atoms with Gasteiger partial charge in [-0.05, 0) is 30.9 Å². The second-order valence-electron chi connectivity index (χ2n) is 8.99. The van der Waals surface area contributed by atoms with Gasteiger partial charge in [-0.1, -0.05) is 13.0 Å². The Kier molecular flexibility index (Phi) is 5.59. The van der Waals surface area contributed by atoms with E-state index in [0.29, 0.717) is 37.3 Å². The number of carbonyl (C=O) groups is 1. The molecule has 8 nitrogen and oxygen atoms in total. The van der Waals surface area contributed by atoms with Gasteiger partial charge in [0.25, 0.3) is 6.43 Å². The summed E-state index contributed by atoms with van der Waals surface area (Å²) in [4.78, 5) is 29.2. The number of amides is 1. The zero-order valence-electron chi connectivity index (χ0n) is 18.7. The van der Waals surface area contributed by atoms with E-state index < -0.39 is 30.3 Å². The first-order valence-corrected chi connectivity index (χ1v) is 11.2. The fraction of sp³-hybridized carbons (Fsp3) is 0.500. The molecular formula is C22H22F5N7O. The average molecular weight is 495 g/mol. The van der Waals surface area contributed by atoms with Crippen molar-refractivity contribution in [2.24, 2.45) is 11.3 Å². The number of fused-ring (bicyclic) bond motifs is 1. The van der Waals surface area contributed by atoms with Gasteiger partial charge in [0.05, 0.1) is 17.8 Å². The van der Waals surface area contributed by atoms with Gasteiger partial charge in [-0.25, -0.2) is 28.4 Å². The van der Waals surface area contributed by atoms with E-state index in [1.165, 1.54) is 23.2 Å². The third-order valence-corrected chi connectivity index (χ3v) is 6.99. The monoisotopic (exact) mass is 495 g/mol. The predicted octanol–water partition coefficient (Wildman–Crippen LogP) is 3.77. The zero-order chi connectivity index (χ0) is 25.0. The van der Waals surface area contributed by atoms with Crippen LogP contribution in [0.2, 0.25) is 0 Å². The highest BCUT2D eigenvalue weighted by Crippen LogP contribution is 2.47. The summed E-state index contributed by atoms with van der Waals surface area (Å²) in [5.41, 5.74) is -1.09. The van der Waals surface area contributed by atoms with Gasteiger partial charge < -0.3 is 4.90 Å². The molecular weight excluding hydrogens is 473 g/mol. The molecule has 3 aromatic rings. The summed E-state index contributed by atoms with van der Waals surface area (Å²) < 4.78 is 66.1. The normalized spacial score (nSPS) is 23.3. The van der Waals surface area contributed by atoms with Crippen molar-refractivity contribution in [2.45, 2.75) is 38.9 Å². The van der Waals surface area contributed by atoms with E-state index in [9.17, 15) is 26.7 Å². The van der Waals surface area contributed by atoms with E-state index in [2.05, 4.69) is 20.1 Å². The smallest absolute Gasteiger partial charge is 0.355 e. The van der Waals surface area contributed by atoms with Crippen LogP contribution in [0.25, 0.3) is 11.2 Å². The highest BCUT2D eigenvalue weighted by atomic mass is 19.4. The molecule has 5 rings (SSSR count). The zero-order valence-corrected chi connectivity index (χ0v) is 18.7. The van der Waals surface area contributed by atoms with Crippen molar-refractivity contribution in [3.8, 4) is 0 Å². The third-order valence-electron chi connectivity index (χ3n) is 6.99. The van der Waals surface area contributed by atoms with Gasteiger partial charge in [0.15, 0.2) is 5.65 Å². The standard InChI is InChI=1S/C22H22F5N7O/c1-13-11-32(18-10-28-14-9-29-34(12-16(23)24)19(14)31-18)7-5-21(13)6-8-33(20(21)35)17-4-2-3-15(30-17)22(25,26)27/h2-4,9-10,13,16H,5-8,11-12H2,1H3/t13-,21+/m0/s1. The number of rotatable bonds is 4. The molecule has 0 aliphatic carbocycles. The first kappa shape index (κ1) is 23.4. The summed E-state index contributed by atoms with van der Waals surface area (Å²) in [5, 5.41) is 3.93. The van der Waals surface area contributed by atoms with Crippen LogP contribution >= 0.6 is 0 Å². The highest BCUT2D eigenvalue weighted by Gasteiger charge is 2.53. The van der Waals surface area contributed by atoms with Crippen molar-refractivity contribution >= 4 is 28.7 Å². The van der Waals surface area contributed by atoms with Crippen LogP contribution < -0.4 is 9.80 Å². The van der Waals surface area contributed by atoms with E-state index >= 15 is 0 Å². The molecule has 0 N–H and O–H groups in total. The van der Waals surface area contributed by atoms with E-state index in [0.717, 1.165) is 10.7 Å². The highest BCUT2D eigenvalue weighted by molar-refractivity contribution is 5.99. The Morgan fingerprint density at radius 2 is 1.89 bits per heavy atom. The van der Waals surface area contributed by atoms with Gasteiger partial charge in [0.1, 0.15) is 29.4 Å². The minimum absolute atomic E-state index is 0.0000557. The predicted molar refractivity (Wildman–Crippen MR) is 116 cm³/mol. The van der Waals surface area contributed by atoms with E-state index in [-0.39, 0.29) is 29.8 Å². The van der Waals surface area contributed by atoms with Gasteiger partial charge >= 0.3 is 6.18 Å². The number of anilines is 2. The Morgan fingerprint density at radius 1 is 1.11 bits per heavy atom. The van der Waals surface area contributed by atoms with Gasteiger partial charge in [-0.15, -0.1) is 0 Å². The van der Waals surface area contributed by atoms with Gasteiger partial charge in [-0.3, -0.25) is 9.69 Å². The van der Waals surface area contributed by atoms with Crippen molar-refractivity contribution < 1.29 is 26.7 Å². The largest absolute Gasteiger partial charge is 0.433 e. The second-order valence-corrected chi connectivity index (χ2v) is 8.99. The van der Waals surface area contributed by atoms with Crippen molar-refractivity contribution in [3.63, 3.8) is 0 Å². The lowest BCUT2D eigenvalue weighted by atomic mass is 9.70.